The standard InChI is InChI=1S/C10H5Cl3F3NO/c11-6-1-7(12)9(8(13)2-6)18-4-5(3-17)10(14,15)16/h1-2,5H,4H2. The number of benzene rings is 1. The van der Waals surface area contributed by atoms with Gasteiger partial charge in [-0.3, -0.25) is 0 Å². The maximum absolute atomic E-state index is 12.3. The van der Waals surface area contributed by atoms with Crippen molar-refractivity contribution in [3.05, 3.63) is 27.2 Å². The second kappa shape index (κ2) is 5.87. The van der Waals surface area contributed by atoms with Crippen LogP contribution in [0, 0.1) is 17.2 Å². The molecule has 0 saturated heterocycles. The first-order valence-electron chi connectivity index (χ1n) is 4.49. The van der Waals surface area contributed by atoms with E-state index in [-0.39, 0.29) is 20.8 Å². The summed E-state index contributed by atoms with van der Waals surface area (Å²) in [5.74, 6) is -2.38. The van der Waals surface area contributed by atoms with Crippen LogP contribution in [-0.2, 0) is 0 Å². The van der Waals surface area contributed by atoms with Gasteiger partial charge < -0.3 is 4.74 Å². The van der Waals surface area contributed by atoms with E-state index in [9.17, 15) is 13.2 Å². The molecule has 0 saturated carbocycles. The molecule has 0 spiro atoms. The first-order valence-corrected chi connectivity index (χ1v) is 5.62. The molecular formula is C10H5Cl3F3NO. The van der Waals surface area contributed by atoms with Crippen molar-refractivity contribution in [1.29, 1.82) is 5.26 Å². The predicted octanol–water partition coefficient (Wildman–Crippen LogP) is 4.73. The molecule has 1 atom stereocenters. The van der Waals surface area contributed by atoms with Crippen molar-refractivity contribution in [2.24, 2.45) is 5.92 Å². The fourth-order valence-electron chi connectivity index (χ4n) is 1.04. The third-order valence-electron chi connectivity index (χ3n) is 1.91. The molecule has 0 N–H and O–H groups in total. The van der Waals surface area contributed by atoms with E-state index in [1.807, 2.05) is 0 Å². The number of rotatable bonds is 3. The summed E-state index contributed by atoms with van der Waals surface area (Å²) in [5.41, 5.74) is 0. The summed E-state index contributed by atoms with van der Waals surface area (Å²) in [5, 5.41) is 8.57. The maximum Gasteiger partial charge on any atom is 0.407 e. The Morgan fingerprint density at radius 2 is 1.72 bits per heavy atom. The fraction of sp³-hybridized carbons (Fsp3) is 0.300. The van der Waals surface area contributed by atoms with Crippen molar-refractivity contribution < 1.29 is 17.9 Å². The third kappa shape index (κ3) is 3.84. The molecule has 2 nitrogen and oxygen atoms in total. The van der Waals surface area contributed by atoms with Crippen LogP contribution >= 0.6 is 34.8 Å². The first-order chi connectivity index (χ1) is 8.25. The van der Waals surface area contributed by atoms with E-state index in [0.29, 0.717) is 0 Å². The lowest BCUT2D eigenvalue weighted by molar-refractivity contribution is -0.165. The van der Waals surface area contributed by atoms with Crippen LogP contribution in [0.15, 0.2) is 12.1 Å². The number of hydrogen-bond acceptors (Lipinski definition) is 2. The van der Waals surface area contributed by atoms with Crippen molar-refractivity contribution in [1.82, 2.24) is 0 Å². The van der Waals surface area contributed by atoms with Crippen molar-refractivity contribution in [3.63, 3.8) is 0 Å². The second-order valence-electron chi connectivity index (χ2n) is 3.23. The molecule has 0 fully saturated rings. The van der Waals surface area contributed by atoms with Crippen LogP contribution in [0.5, 0.6) is 5.75 Å². The zero-order valence-corrected chi connectivity index (χ0v) is 10.8. The minimum absolute atomic E-state index is 0.0219. The number of ether oxygens (including phenoxy) is 1. The third-order valence-corrected chi connectivity index (χ3v) is 2.69. The normalized spacial score (nSPS) is 12.9. The number of halogens is 6. The summed E-state index contributed by atoms with van der Waals surface area (Å²) in [6, 6.07) is 3.65. The molecule has 0 radical (unpaired) electrons. The molecule has 0 amide bonds. The SMILES string of the molecule is N#CC(COc1c(Cl)cc(Cl)cc1Cl)C(F)(F)F. The Morgan fingerprint density at radius 1 is 1.22 bits per heavy atom. The number of hydrogen-bond donors (Lipinski definition) is 0. The van der Waals surface area contributed by atoms with Crippen LogP contribution in [-0.4, -0.2) is 12.8 Å². The van der Waals surface area contributed by atoms with Gasteiger partial charge in [-0.1, -0.05) is 34.8 Å². The van der Waals surface area contributed by atoms with Crippen LogP contribution in [0.25, 0.3) is 0 Å². The minimum Gasteiger partial charge on any atom is -0.489 e. The molecule has 0 bridgehead atoms. The Hall–Kier alpha value is -0.830. The Balaban J connectivity index is 2.85. The van der Waals surface area contributed by atoms with Gasteiger partial charge in [-0.25, -0.2) is 0 Å². The molecule has 0 aliphatic rings. The fourth-order valence-corrected chi connectivity index (χ4v) is 1.96. The Kier molecular flexibility index (Phi) is 4.97. The van der Waals surface area contributed by atoms with Gasteiger partial charge in [-0.2, -0.15) is 18.4 Å². The summed E-state index contributed by atoms with van der Waals surface area (Å²) in [6.07, 6.45) is -4.67. The summed E-state index contributed by atoms with van der Waals surface area (Å²) in [4.78, 5) is 0. The average Bonchev–Trinajstić information content (AvgIpc) is 2.19. The molecule has 0 aliphatic carbocycles. The molecule has 18 heavy (non-hydrogen) atoms. The van der Waals surface area contributed by atoms with E-state index in [1.165, 1.54) is 12.1 Å². The zero-order chi connectivity index (χ0) is 13.9. The van der Waals surface area contributed by atoms with E-state index >= 15 is 0 Å². The molecular weight excluding hydrogens is 313 g/mol. The molecule has 0 aliphatic heterocycles. The van der Waals surface area contributed by atoms with Crippen LogP contribution < -0.4 is 4.74 Å². The van der Waals surface area contributed by atoms with Gasteiger partial charge >= 0.3 is 6.18 Å². The van der Waals surface area contributed by atoms with Crippen molar-refractivity contribution in [3.8, 4) is 11.8 Å². The molecule has 8 heteroatoms. The van der Waals surface area contributed by atoms with Gasteiger partial charge in [0.25, 0.3) is 0 Å². The maximum atomic E-state index is 12.3. The van der Waals surface area contributed by atoms with Gasteiger partial charge in [0.05, 0.1) is 16.1 Å². The quantitative estimate of drug-likeness (QED) is 0.807. The lowest BCUT2D eigenvalue weighted by Gasteiger charge is -2.15. The van der Waals surface area contributed by atoms with E-state index in [1.54, 1.807) is 0 Å². The Bertz CT molecular complexity index is 461. The highest BCUT2D eigenvalue weighted by molar-refractivity contribution is 6.40. The Labute approximate surface area is 116 Å². The lowest BCUT2D eigenvalue weighted by Crippen LogP contribution is -2.27. The van der Waals surface area contributed by atoms with E-state index in [0.717, 1.165) is 6.07 Å². The highest BCUT2D eigenvalue weighted by Gasteiger charge is 2.40. The number of nitriles is 1. The summed E-state index contributed by atoms with van der Waals surface area (Å²) < 4.78 is 41.7. The largest absolute Gasteiger partial charge is 0.489 e. The van der Waals surface area contributed by atoms with Crippen LogP contribution in [0.3, 0.4) is 0 Å². The first kappa shape index (κ1) is 15.2. The smallest absolute Gasteiger partial charge is 0.407 e. The molecule has 0 aromatic heterocycles. The predicted molar refractivity (Wildman–Crippen MR) is 62.1 cm³/mol. The van der Waals surface area contributed by atoms with Crippen LogP contribution in [0.1, 0.15) is 0 Å². The van der Waals surface area contributed by atoms with Gasteiger partial charge in [0, 0.05) is 5.02 Å². The van der Waals surface area contributed by atoms with Crippen molar-refractivity contribution in [2.45, 2.75) is 6.18 Å². The second-order valence-corrected chi connectivity index (χ2v) is 4.48. The van der Waals surface area contributed by atoms with Gasteiger partial charge in [0.1, 0.15) is 6.61 Å². The van der Waals surface area contributed by atoms with E-state index < -0.39 is 18.7 Å². The highest BCUT2D eigenvalue weighted by atomic mass is 35.5. The lowest BCUT2D eigenvalue weighted by atomic mass is 10.2. The molecule has 1 aromatic rings. The highest BCUT2D eigenvalue weighted by Crippen LogP contribution is 2.36. The van der Waals surface area contributed by atoms with Crippen molar-refractivity contribution in [2.75, 3.05) is 6.61 Å². The average molecular weight is 319 g/mol. The summed E-state index contributed by atoms with van der Waals surface area (Å²) in [7, 11) is 0. The van der Waals surface area contributed by atoms with Gasteiger partial charge in [-0.15, -0.1) is 0 Å². The van der Waals surface area contributed by atoms with E-state index in [4.69, 9.17) is 44.8 Å². The molecule has 1 aromatic carbocycles. The van der Waals surface area contributed by atoms with E-state index in [2.05, 4.69) is 0 Å². The molecule has 1 rings (SSSR count). The minimum atomic E-state index is -4.67. The summed E-state index contributed by atoms with van der Waals surface area (Å²) >= 11 is 17.1. The van der Waals surface area contributed by atoms with Crippen LogP contribution in [0.4, 0.5) is 13.2 Å². The van der Waals surface area contributed by atoms with Crippen LogP contribution in [0.2, 0.25) is 15.1 Å². The number of nitrogens with zero attached hydrogens (tertiary/aromatic N) is 1. The molecule has 0 heterocycles. The molecule has 1 unspecified atom stereocenters. The summed E-state index contributed by atoms with van der Waals surface area (Å²) in [6.45, 7) is -0.888. The topological polar surface area (TPSA) is 33.0 Å². The number of alkyl halides is 3. The van der Waals surface area contributed by atoms with Gasteiger partial charge in [0.15, 0.2) is 11.7 Å². The monoisotopic (exact) mass is 317 g/mol. The Morgan fingerprint density at radius 3 is 2.11 bits per heavy atom. The zero-order valence-electron chi connectivity index (χ0n) is 8.56. The molecule has 98 valence electrons. The van der Waals surface area contributed by atoms with Gasteiger partial charge in [-0.05, 0) is 12.1 Å². The van der Waals surface area contributed by atoms with Gasteiger partial charge in [0.2, 0.25) is 0 Å². The van der Waals surface area contributed by atoms with Crippen molar-refractivity contribution >= 4 is 34.8 Å².